The fourth-order valence-corrected chi connectivity index (χ4v) is 3.17. The van der Waals surface area contributed by atoms with Crippen molar-refractivity contribution in [3.63, 3.8) is 0 Å². The predicted octanol–water partition coefficient (Wildman–Crippen LogP) is 2.79. The summed E-state index contributed by atoms with van der Waals surface area (Å²) in [6.07, 6.45) is 2.91. The normalized spacial score (nSPS) is 17.5. The van der Waals surface area contributed by atoms with E-state index in [0.717, 1.165) is 31.6 Å². The molecule has 1 aromatic carbocycles. The molecule has 0 spiro atoms. The minimum Gasteiger partial charge on any atom is -0.497 e. The van der Waals surface area contributed by atoms with Gasteiger partial charge in [-0.05, 0) is 37.0 Å². The van der Waals surface area contributed by atoms with Gasteiger partial charge >= 0.3 is 6.03 Å². The molecular weight excluding hydrogens is 300 g/mol. The van der Waals surface area contributed by atoms with Gasteiger partial charge in [0, 0.05) is 12.6 Å². The molecular formula is C15H18N4O2S. The second kappa shape index (κ2) is 6.74. The third kappa shape index (κ3) is 3.36. The van der Waals surface area contributed by atoms with Crippen molar-refractivity contribution in [2.75, 3.05) is 19.0 Å². The maximum atomic E-state index is 12.3. The number of carbonyl (C=O) groups excluding carboxylic acids is 1. The molecule has 0 bridgehead atoms. The lowest BCUT2D eigenvalue weighted by Gasteiger charge is -2.24. The van der Waals surface area contributed by atoms with E-state index < -0.39 is 0 Å². The van der Waals surface area contributed by atoms with E-state index in [1.54, 1.807) is 12.6 Å². The molecule has 0 radical (unpaired) electrons. The van der Waals surface area contributed by atoms with Crippen LogP contribution < -0.4 is 10.1 Å². The Morgan fingerprint density at radius 2 is 2.27 bits per heavy atom. The van der Waals surface area contributed by atoms with Crippen molar-refractivity contribution < 1.29 is 9.53 Å². The quantitative estimate of drug-likeness (QED) is 0.941. The topological polar surface area (TPSA) is 67.3 Å². The Balaban J connectivity index is 1.63. The Morgan fingerprint density at radius 1 is 1.45 bits per heavy atom. The molecule has 6 nitrogen and oxygen atoms in total. The fraction of sp³-hybridized carbons (Fsp3) is 0.400. The van der Waals surface area contributed by atoms with E-state index in [4.69, 9.17) is 4.74 Å². The number of amides is 2. The van der Waals surface area contributed by atoms with Gasteiger partial charge in [0.2, 0.25) is 5.13 Å². The molecule has 1 aliphatic heterocycles. The maximum absolute atomic E-state index is 12.3. The van der Waals surface area contributed by atoms with Gasteiger partial charge in [-0.2, -0.15) is 0 Å². The number of rotatable bonds is 4. The number of anilines is 1. The number of likely N-dealkylation sites (tertiary alicyclic amines) is 1. The van der Waals surface area contributed by atoms with Crippen LogP contribution in [0.5, 0.6) is 5.75 Å². The summed E-state index contributed by atoms with van der Waals surface area (Å²) in [5, 5.41) is 10.9. The number of nitrogens with one attached hydrogen (secondary N) is 1. The molecule has 0 unspecified atom stereocenters. The van der Waals surface area contributed by atoms with E-state index in [9.17, 15) is 4.79 Å². The van der Waals surface area contributed by atoms with E-state index in [0.29, 0.717) is 5.13 Å². The molecule has 3 rings (SSSR count). The predicted molar refractivity (Wildman–Crippen MR) is 85.4 cm³/mol. The molecule has 2 heterocycles. The minimum absolute atomic E-state index is 0.0900. The van der Waals surface area contributed by atoms with Crippen molar-refractivity contribution in [1.82, 2.24) is 15.1 Å². The summed E-state index contributed by atoms with van der Waals surface area (Å²) in [4.78, 5) is 14.2. The van der Waals surface area contributed by atoms with Crippen LogP contribution in [-0.2, 0) is 6.42 Å². The first-order valence-electron chi connectivity index (χ1n) is 7.23. The summed E-state index contributed by atoms with van der Waals surface area (Å²) < 4.78 is 5.17. The van der Waals surface area contributed by atoms with E-state index >= 15 is 0 Å². The molecule has 1 N–H and O–H groups in total. The molecule has 0 saturated carbocycles. The van der Waals surface area contributed by atoms with Gasteiger partial charge in [-0.1, -0.05) is 23.5 Å². The highest BCUT2D eigenvalue weighted by Gasteiger charge is 2.29. The van der Waals surface area contributed by atoms with Crippen LogP contribution in [0.2, 0.25) is 0 Å². The zero-order chi connectivity index (χ0) is 15.4. The zero-order valence-corrected chi connectivity index (χ0v) is 13.2. The third-order valence-corrected chi connectivity index (χ3v) is 4.45. The molecule has 7 heteroatoms. The number of benzene rings is 1. The standard InChI is InChI=1S/C15H18N4O2S/c1-21-13-6-4-11(5-7-13)9-12-3-2-8-19(12)15(20)17-14-18-16-10-22-14/h4-7,10,12H,2-3,8-9H2,1H3,(H,17,18,20)/t12-/m1/s1. The van der Waals surface area contributed by atoms with Crippen molar-refractivity contribution in [2.45, 2.75) is 25.3 Å². The monoisotopic (exact) mass is 318 g/mol. The van der Waals surface area contributed by atoms with Crippen LogP contribution in [0.1, 0.15) is 18.4 Å². The van der Waals surface area contributed by atoms with Crippen LogP contribution in [0.4, 0.5) is 9.93 Å². The maximum Gasteiger partial charge on any atom is 0.323 e. The van der Waals surface area contributed by atoms with E-state index in [2.05, 4.69) is 27.6 Å². The SMILES string of the molecule is COc1ccc(C[C@H]2CCCN2C(=O)Nc2nncs2)cc1. The molecule has 22 heavy (non-hydrogen) atoms. The smallest absolute Gasteiger partial charge is 0.323 e. The van der Waals surface area contributed by atoms with Crippen LogP contribution >= 0.6 is 11.3 Å². The minimum atomic E-state index is -0.0900. The second-order valence-corrected chi connectivity index (χ2v) is 6.05. The molecule has 1 aromatic heterocycles. The Hall–Kier alpha value is -2.15. The third-order valence-electron chi connectivity index (χ3n) is 3.84. The van der Waals surface area contributed by atoms with Gasteiger partial charge in [0.25, 0.3) is 0 Å². The summed E-state index contributed by atoms with van der Waals surface area (Å²) in [6, 6.07) is 8.15. The number of nitrogens with zero attached hydrogens (tertiary/aromatic N) is 3. The number of carbonyl (C=O) groups is 1. The van der Waals surface area contributed by atoms with E-state index in [1.165, 1.54) is 16.9 Å². The van der Waals surface area contributed by atoms with Gasteiger partial charge in [-0.25, -0.2) is 4.79 Å². The van der Waals surface area contributed by atoms with Crippen LogP contribution in [0.3, 0.4) is 0 Å². The summed E-state index contributed by atoms with van der Waals surface area (Å²) >= 11 is 1.32. The van der Waals surface area contributed by atoms with Crippen molar-refractivity contribution in [3.8, 4) is 5.75 Å². The number of ether oxygens (including phenoxy) is 1. The van der Waals surface area contributed by atoms with Gasteiger partial charge < -0.3 is 9.64 Å². The molecule has 1 aliphatic rings. The summed E-state index contributed by atoms with van der Waals surface area (Å²) in [6.45, 7) is 0.783. The molecule has 2 amide bonds. The van der Waals surface area contributed by atoms with Crippen LogP contribution in [-0.4, -0.2) is 40.8 Å². The molecule has 2 aromatic rings. The van der Waals surface area contributed by atoms with E-state index in [-0.39, 0.29) is 12.1 Å². The Morgan fingerprint density at radius 3 is 2.95 bits per heavy atom. The van der Waals surface area contributed by atoms with Gasteiger partial charge in [-0.3, -0.25) is 5.32 Å². The molecule has 1 atom stereocenters. The highest BCUT2D eigenvalue weighted by Crippen LogP contribution is 2.23. The Labute approximate surface area is 133 Å². The molecule has 0 aliphatic carbocycles. The van der Waals surface area contributed by atoms with Crippen LogP contribution in [0.15, 0.2) is 29.8 Å². The first-order chi connectivity index (χ1) is 10.8. The van der Waals surface area contributed by atoms with Gasteiger partial charge in [0.05, 0.1) is 7.11 Å². The zero-order valence-electron chi connectivity index (χ0n) is 12.4. The van der Waals surface area contributed by atoms with Gasteiger partial charge in [-0.15, -0.1) is 10.2 Å². The van der Waals surface area contributed by atoms with Gasteiger partial charge in [0.15, 0.2) is 0 Å². The number of aromatic nitrogens is 2. The molecule has 1 saturated heterocycles. The number of hydrogen-bond acceptors (Lipinski definition) is 5. The largest absolute Gasteiger partial charge is 0.497 e. The first kappa shape index (κ1) is 14.8. The Kier molecular flexibility index (Phi) is 4.53. The lowest BCUT2D eigenvalue weighted by molar-refractivity contribution is 0.206. The summed E-state index contributed by atoms with van der Waals surface area (Å²) in [5.41, 5.74) is 2.82. The van der Waals surface area contributed by atoms with Gasteiger partial charge in [0.1, 0.15) is 11.3 Å². The lowest BCUT2D eigenvalue weighted by atomic mass is 10.0. The molecule has 1 fully saturated rings. The average molecular weight is 318 g/mol. The van der Waals surface area contributed by atoms with E-state index in [1.807, 2.05) is 17.0 Å². The highest BCUT2D eigenvalue weighted by molar-refractivity contribution is 7.13. The van der Waals surface area contributed by atoms with Crippen molar-refractivity contribution >= 4 is 22.5 Å². The summed E-state index contributed by atoms with van der Waals surface area (Å²) in [7, 11) is 1.66. The van der Waals surface area contributed by atoms with Crippen LogP contribution in [0, 0.1) is 0 Å². The fourth-order valence-electron chi connectivity index (χ4n) is 2.74. The molecule has 116 valence electrons. The number of hydrogen-bond donors (Lipinski definition) is 1. The average Bonchev–Trinajstić information content (AvgIpc) is 3.19. The lowest BCUT2D eigenvalue weighted by Crippen LogP contribution is -2.39. The highest BCUT2D eigenvalue weighted by atomic mass is 32.1. The van der Waals surface area contributed by atoms with Crippen molar-refractivity contribution in [2.24, 2.45) is 0 Å². The second-order valence-electron chi connectivity index (χ2n) is 5.22. The Bertz CT molecular complexity index is 615. The number of methoxy groups -OCH3 is 1. The van der Waals surface area contributed by atoms with Crippen molar-refractivity contribution in [3.05, 3.63) is 35.3 Å². The summed E-state index contributed by atoms with van der Waals surface area (Å²) in [5.74, 6) is 0.848. The van der Waals surface area contributed by atoms with Crippen LogP contribution in [0.25, 0.3) is 0 Å². The van der Waals surface area contributed by atoms with Crippen molar-refractivity contribution in [1.29, 1.82) is 0 Å². The first-order valence-corrected chi connectivity index (χ1v) is 8.11. The number of urea groups is 1.